The molecule has 0 heterocycles. The molecule has 0 amide bonds. The van der Waals surface area contributed by atoms with E-state index < -0.39 is 0 Å². The van der Waals surface area contributed by atoms with Crippen molar-refractivity contribution in [2.75, 3.05) is 6.61 Å². The van der Waals surface area contributed by atoms with Gasteiger partial charge in [-0.25, -0.2) is 9.98 Å². The van der Waals surface area contributed by atoms with Gasteiger partial charge in [0.2, 0.25) is 0 Å². The highest BCUT2D eigenvalue weighted by atomic mass is 16.5. The quantitative estimate of drug-likeness (QED) is 0.120. The molecule has 0 aliphatic heterocycles. The first-order valence-electron chi connectivity index (χ1n) is 16.5. The summed E-state index contributed by atoms with van der Waals surface area (Å²) in [7, 11) is 0. The average molecular weight is 582 g/mol. The normalized spacial score (nSPS) is 17.5. The lowest BCUT2D eigenvalue weighted by molar-refractivity contribution is 0.316. The second kappa shape index (κ2) is 17.1. The van der Waals surface area contributed by atoms with Crippen molar-refractivity contribution in [3.8, 4) is 5.75 Å². The van der Waals surface area contributed by atoms with Crippen molar-refractivity contribution in [2.24, 2.45) is 15.4 Å². The lowest BCUT2D eigenvalue weighted by Gasteiger charge is -2.35. The fourth-order valence-corrected chi connectivity index (χ4v) is 5.89. The summed E-state index contributed by atoms with van der Waals surface area (Å²) in [5, 5.41) is 7.94. The number of hydrogen-bond donors (Lipinski definition) is 1. The summed E-state index contributed by atoms with van der Waals surface area (Å²) in [6.45, 7) is 16.0. The van der Waals surface area contributed by atoms with Crippen molar-refractivity contribution < 1.29 is 4.74 Å². The SMILES string of the molecule is CCCCCCCCCc1ccc(C(=N/C=N)/N=C(\Cc2ccc(C)cc2C)C2(C)CC=C(C)C=C2C)c(OCCC)c1. The van der Waals surface area contributed by atoms with Crippen LogP contribution in [0.1, 0.15) is 120 Å². The summed E-state index contributed by atoms with van der Waals surface area (Å²) >= 11 is 0. The minimum atomic E-state index is -0.249. The monoisotopic (exact) mass is 581 g/mol. The van der Waals surface area contributed by atoms with Crippen LogP contribution < -0.4 is 4.74 Å². The first kappa shape index (κ1) is 34.2. The third-order valence-corrected chi connectivity index (χ3v) is 8.89. The Morgan fingerprint density at radius 3 is 2.35 bits per heavy atom. The topological polar surface area (TPSA) is 57.8 Å². The number of unbranched alkanes of at least 4 members (excludes halogenated alkanes) is 6. The molecule has 1 N–H and O–H groups in total. The third-order valence-electron chi connectivity index (χ3n) is 8.89. The number of nitrogens with one attached hydrogen (secondary N) is 1. The first-order chi connectivity index (χ1) is 20.7. The molecule has 4 nitrogen and oxygen atoms in total. The summed E-state index contributed by atoms with van der Waals surface area (Å²) in [5.74, 6) is 1.36. The Balaban J connectivity index is 2.00. The van der Waals surface area contributed by atoms with Crippen LogP contribution >= 0.6 is 0 Å². The van der Waals surface area contributed by atoms with Gasteiger partial charge in [-0.3, -0.25) is 5.41 Å². The van der Waals surface area contributed by atoms with Gasteiger partial charge in [-0.1, -0.05) is 112 Å². The highest BCUT2D eigenvalue weighted by Gasteiger charge is 2.34. The molecule has 0 bridgehead atoms. The lowest BCUT2D eigenvalue weighted by Crippen LogP contribution is -2.33. The van der Waals surface area contributed by atoms with Gasteiger partial charge < -0.3 is 4.74 Å². The molecule has 232 valence electrons. The Hall–Kier alpha value is -3.27. The van der Waals surface area contributed by atoms with Crippen molar-refractivity contribution in [3.05, 3.63) is 87.5 Å². The van der Waals surface area contributed by atoms with Gasteiger partial charge in [-0.05, 0) is 82.2 Å². The highest BCUT2D eigenvalue weighted by molar-refractivity contribution is 6.12. The van der Waals surface area contributed by atoms with Crippen molar-refractivity contribution in [1.82, 2.24) is 0 Å². The molecule has 43 heavy (non-hydrogen) atoms. The Labute approximate surface area is 262 Å². The lowest BCUT2D eigenvalue weighted by atomic mass is 9.70. The van der Waals surface area contributed by atoms with Gasteiger partial charge in [-0.15, -0.1) is 0 Å². The second-order valence-electron chi connectivity index (χ2n) is 12.6. The smallest absolute Gasteiger partial charge is 0.164 e. The minimum absolute atomic E-state index is 0.249. The van der Waals surface area contributed by atoms with Gasteiger partial charge in [0.15, 0.2) is 5.84 Å². The molecule has 0 spiro atoms. The van der Waals surface area contributed by atoms with E-state index in [0.717, 1.165) is 49.0 Å². The molecular formula is C39H55N3O. The Bertz CT molecular complexity index is 1350. The maximum absolute atomic E-state index is 7.94. The molecule has 2 aromatic carbocycles. The van der Waals surface area contributed by atoms with Crippen LogP contribution in [0.2, 0.25) is 0 Å². The van der Waals surface area contributed by atoms with E-state index >= 15 is 0 Å². The van der Waals surface area contributed by atoms with Crippen LogP contribution in [0, 0.1) is 24.7 Å². The van der Waals surface area contributed by atoms with Crippen LogP contribution in [0.15, 0.2) is 69.7 Å². The van der Waals surface area contributed by atoms with Crippen LogP contribution in [0.25, 0.3) is 0 Å². The largest absolute Gasteiger partial charge is 0.493 e. The van der Waals surface area contributed by atoms with E-state index in [4.69, 9.17) is 15.1 Å². The van der Waals surface area contributed by atoms with E-state index in [1.54, 1.807) is 0 Å². The van der Waals surface area contributed by atoms with Gasteiger partial charge in [0.25, 0.3) is 0 Å². The van der Waals surface area contributed by atoms with E-state index in [1.165, 1.54) is 78.3 Å². The van der Waals surface area contributed by atoms with E-state index in [0.29, 0.717) is 12.4 Å². The molecule has 1 atom stereocenters. The fraction of sp³-hybridized carbons (Fsp3) is 0.513. The molecule has 0 aromatic heterocycles. The molecule has 0 radical (unpaired) electrons. The zero-order valence-corrected chi connectivity index (χ0v) is 28.0. The van der Waals surface area contributed by atoms with Crippen LogP contribution in [-0.2, 0) is 12.8 Å². The summed E-state index contributed by atoms with van der Waals surface area (Å²) in [5.41, 5.74) is 9.35. The Kier molecular flexibility index (Phi) is 13.6. The molecule has 0 saturated carbocycles. The predicted octanol–water partition coefficient (Wildman–Crippen LogP) is 10.7. The Morgan fingerprint density at radius 1 is 0.930 bits per heavy atom. The van der Waals surface area contributed by atoms with Crippen molar-refractivity contribution in [3.63, 3.8) is 0 Å². The van der Waals surface area contributed by atoms with Crippen molar-refractivity contribution in [1.29, 1.82) is 5.41 Å². The molecule has 1 aliphatic rings. The molecule has 0 fully saturated rings. The zero-order chi connectivity index (χ0) is 31.2. The van der Waals surface area contributed by atoms with Gasteiger partial charge in [0, 0.05) is 17.5 Å². The summed E-state index contributed by atoms with van der Waals surface area (Å²) in [6, 6.07) is 13.1. The number of aryl methyl sites for hydroxylation is 3. The molecule has 2 aromatic rings. The standard InChI is InChI=1S/C39H55N3O/c1-8-10-11-12-13-14-15-16-33-18-20-35(36(26-33)43-23-9-2)38(41-28-40)42-37(27-34-19-17-29(3)24-31(34)5)39(7)22-21-30(4)25-32(39)6/h17-21,24-26,28,40H,8-16,22-23,27H2,1-7H3/b40-28?,41-38-,42-37+. The summed E-state index contributed by atoms with van der Waals surface area (Å²) in [6.07, 6.45) is 18.4. The maximum Gasteiger partial charge on any atom is 0.164 e. The minimum Gasteiger partial charge on any atom is -0.493 e. The number of hydrogen-bond acceptors (Lipinski definition) is 2. The molecule has 4 heteroatoms. The first-order valence-corrected chi connectivity index (χ1v) is 16.5. The van der Waals surface area contributed by atoms with Crippen LogP contribution in [0.4, 0.5) is 0 Å². The van der Waals surface area contributed by atoms with Gasteiger partial charge in [0.05, 0.1) is 12.2 Å². The summed E-state index contributed by atoms with van der Waals surface area (Å²) < 4.78 is 6.32. The van der Waals surface area contributed by atoms with Crippen molar-refractivity contribution >= 4 is 17.9 Å². The second-order valence-corrected chi connectivity index (χ2v) is 12.6. The third kappa shape index (κ3) is 9.88. The van der Waals surface area contributed by atoms with Gasteiger partial charge in [0.1, 0.15) is 12.1 Å². The number of ether oxygens (including phenoxy) is 1. The number of benzene rings is 2. The van der Waals surface area contributed by atoms with Gasteiger partial charge in [-0.2, -0.15) is 0 Å². The van der Waals surface area contributed by atoms with Gasteiger partial charge >= 0.3 is 0 Å². The van der Waals surface area contributed by atoms with Crippen LogP contribution in [-0.4, -0.2) is 24.5 Å². The average Bonchev–Trinajstić information content (AvgIpc) is 2.98. The fourth-order valence-electron chi connectivity index (χ4n) is 5.89. The zero-order valence-electron chi connectivity index (χ0n) is 28.0. The number of nitrogens with zero attached hydrogens (tertiary/aromatic N) is 2. The predicted molar refractivity (Wildman–Crippen MR) is 187 cm³/mol. The molecule has 1 aliphatic carbocycles. The Morgan fingerprint density at radius 2 is 1.67 bits per heavy atom. The number of aliphatic imine (C=N–C) groups is 2. The molecule has 3 rings (SSSR count). The summed E-state index contributed by atoms with van der Waals surface area (Å²) in [4.78, 5) is 9.88. The highest BCUT2D eigenvalue weighted by Crippen LogP contribution is 2.39. The molecular weight excluding hydrogens is 526 g/mol. The van der Waals surface area contributed by atoms with Crippen molar-refractivity contribution in [2.45, 2.75) is 119 Å². The molecule has 0 saturated heterocycles. The maximum atomic E-state index is 7.94. The van der Waals surface area contributed by atoms with E-state index in [1.807, 2.05) is 0 Å². The van der Waals surface area contributed by atoms with Crippen LogP contribution in [0.3, 0.4) is 0 Å². The number of rotatable bonds is 16. The van der Waals surface area contributed by atoms with E-state index in [2.05, 4.69) is 102 Å². The molecule has 1 unspecified atom stereocenters. The van der Waals surface area contributed by atoms with E-state index in [-0.39, 0.29) is 5.41 Å². The number of allylic oxidation sites excluding steroid dienone is 4. The van der Waals surface area contributed by atoms with Crippen LogP contribution in [0.5, 0.6) is 5.75 Å². The van der Waals surface area contributed by atoms with E-state index in [9.17, 15) is 0 Å². The number of amidine groups is 1.